The Kier molecular flexibility index (Phi) is 3.97. The van der Waals surface area contributed by atoms with Crippen LogP contribution in [0.15, 0.2) is 90.6 Å². The Labute approximate surface area is 143 Å². The largest absolute Gasteiger partial charge is 0.317 e. The van der Waals surface area contributed by atoms with Crippen LogP contribution in [0.5, 0.6) is 0 Å². The van der Waals surface area contributed by atoms with Crippen molar-refractivity contribution in [1.29, 1.82) is 0 Å². The minimum absolute atomic E-state index is 1.01. The second-order valence-electron chi connectivity index (χ2n) is 5.83. The highest BCUT2D eigenvalue weighted by Crippen LogP contribution is 2.33. The first-order valence-corrected chi connectivity index (χ1v) is 9.46. The molecule has 0 fully saturated rings. The number of fused-ring (bicyclic) bond motifs is 2. The summed E-state index contributed by atoms with van der Waals surface area (Å²) in [7, 11) is -1.72. The van der Waals surface area contributed by atoms with E-state index in [4.69, 9.17) is 0 Å². The molecule has 0 aliphatic heterocycles. The highest BCUT2D eigenvalue weighted by Gasteiger charge is 2.11. The average molecular weight is 328 g/mol. The van der Waals surface area contributed by atoms with E-state index in [-0.39, 0.29) is 0 Å². The molecule has 0 radical (unpaired) electrons. The molecule has 0 nitrogen and oxygen atoms in total. The Hall–Kier alpha value is -2.71. The number of benzene rings is 4. The van der Waals surface area contributed by atoms with Crippen LogP contribution in [0, 0.1) is 0 Å². The van der Waals surface area contributed by atoms with Gasteiger partial charge in [0.05, 0.1) is 0 Å². The summed E-state index contributed by atoms with van der Waals surface area (Å²) < 4.78 is 13.5. The average Bonchev–Trinajstić information content (AvgIpc) is 2.65. The van der Waals surface area contributed by atoms with Crippen LogP contribution in [0.3, 0.4) is 0 Å². The zero-order chi connectivity index (χ0) is 16.4. The highest BCUT2D eigenvalue weighted by molar-refractivity contribution is 6.36. The molecular formula is C22H17FSi. The van der Waals surface area contributed by atoms with Crippen molar-refractivity contribution < 1.29 is 4.11 Å². The predicted octanol–water partition coefficient (Wildman–Crippen LogP) is 5.44. The van der Waals surface area contributed by atoms with Gasteiger partial charge in [-0.1, -0.05) is 90.6 Å². The highest BCUT2D eigenvalue weighted by atomic mass is 28.3. The van der Waals surface area contributed by atoms with Gasteiger partial charge in [0.25, 0.3) is 0 Å². The molecule has 0 aliphatic rings. The number of hydrogen-bond acceptors (Lipinski definition) is 0. The molecule has 4 rings (SSSR count). The topological polar surface area (TPSA) is 0 Å². The Morgan fingerprint density at radius 2 is 1.08 bits per heavy atom. The van der Waals surface area contributed by atoms with E-state index in [9.17, 15) is 4.11 Å². The van der Waals surface area contributed by atoms with Crippen molar-refractivity contribution in [3.05, 3.63) is 102 Å². The second-order valence-corrected chi connectivity index (χ2v) is 6.54. The molecule has 0 heterocycles. The van der Waals surface area contributed by atoms with Crippen LogP contribution in [0.4, 0.5) is 4.11 Å². The third kappa shape index (κ3) is 2.55. The van der Waals surface area contributed by atoms with Crippen LogP contribution < -0.4 is 0 Å². The Balaban J connectivity index is 2.03. The summed E-state index contributed by atoms with van der Waals surface area (Å²) >= 11 is 0. The van der Waals surface area contributed by atoms with Gasteiger partial charge in [0.15, 0.2) is 0 Å². The third-order valence-electron chi connectivity index (χ3n) is 4.44. The van der Waals surface area contributed by atoms with Gasteiger partial charge in [-0.05, 0) is 38.2 Å². The fourth-order valence-corrected chi connectivity index (χ4v) is 3.96. The van der Waals surface area contributed by atoms with Gasteiger partial charge < -0.3 is 4.11 Å². The summed E-state index contributed by atoms with van der Waals surface area (Å²) in [6.07, 6.45) is 0. The van der Waals surface area contributed by atoms with Crippen LogP contribution in [-0.2, 0) is 0 Å². The molecule has 0 spiro atoms. The SMILES string of the molecule is F[SiH2]C=C(c1cccc2ccccc12)c1cccc2ccccc12. The van der Waals surface area contributed by atoms with E-state index in [1.807, 2.05) is 30.0 Å². The number of rotatable bonds is 3. The van der Waals surface area contributed by atoms with Crippen molar-refractivity contribution in [3.8, 4) is 0 Å². The molecule has 0 atom stereocenters. The number of halogens is 1. The monoisotopic (exact) mass is 328 g/mol. The van der Waals surface area contributed by atoms with E-state index >= 15 is 0 Å². The fraction of sp³-hybridized carbons (Fsp3) is 0. The van der Waals surface area contributed by atoms with E-state index in [0.717, 1.165) is 16.7 Å². The molecule has 0 aromatic heterocycles. The molecule has 0 saturated heterocycles. The van der Waals surface area contributed by atoms with Gasteiger partial charge in [-0.2, -0.15) is 0 Å². The first-order chi connectivity index (χ1) is 11.9. The van der Waals surface area contributed by atoms with Gasteiger partial charge in [0.1, 0.15) is 0 Å². The molecule has 24 heavy (non-hydrogen) atoms. The van der Waals surface area contributed by atoms with Crippen LogP contribution in [0.2, 0.25) is 0 Å². The molecule has 4 aromatic rings. The summed E-state index contributed by atoms with van der Waals surface area (Å²) in [4.78, 5) is 0. The minimum atomic E-state index is -1.72. The van der Waals surface area contributed by atoms with Crippen molar-refractivity contribution in [2.45, 2.75) is 0 Å². The molecular weight excluding hydrogens is 311 g/mol. The lowest BCUT2D eigenvalue weighted by molar-refractivity contribution is 0.884. The van der Waals surface area contributed by atoms with Crippen LogP contribution in [-0.4, -0.2) is 9.85 Å². The lowest BCUT2D eigenvalue weighted by atomic mass is 9.91. The van der Waals surface area contributed by atoms with Crippen molar-refractivity contribution in [2.75, 3.05) is 0 Å². The maximum atomic E-state index is 13.5. The van der Waals surface area contributed by atoms with Crippen molar-refractivity contribution in [1.82, 2.24) is 0 Å². The summed E-state index contributed by atoms with van der Waals surface area (Å²) in [5.41, 5.74) is 5.05. The standard InChI is InChI=1S/C22H17FSi/c23-24-15-22(20-13-5-9-16-7-1-3-11-18(16)20)21-14-6-10-17-8-2-4-12-19(17)21/h1-15H,24H2. The molecule has 116 valence electrons. The molecule has 2 heteroatoms. The van der Waals surface area contributed by atoms with E-state index in [1.54, 1.807) is 0 Å². The predicted molar refractivity (Wildman–Crippen MR) is 105 cm³/mol. The molecule has 0 unspecified atom stereocenters. The Morgan fingerprint density at radius 3 is 1.58 bits per heavy atom. The molecule has 0 bridgehead atoms. The Bertz CT molecular complexity index is 958. The van der Waals surface area contributed by atoms with Crippen molar-refractivity contribution >= 4 is 37.0 Å². The van der Waals surface area contributed by atoms with E-state index in [2.05, 4.69) is 60.7 Å². The molecule has 0 saturated carbocycles. The third-order valence-corrected chi connectivity index (χ3v) is 5.00. The Morgan fingerprint density at radius 1 is 0.625 bits per heavy atom. The lowest BCUT2D eigenvalue weighted by Gasteiger charge is -2.14. The first-order valence-electron chi connectivity index (χ1n) is 8.11. The normalized spacial score (nSPS) is 11.4. The minimum Gasteiger partial charge on any atom is -0.317 e. The second kappa shape index (κ2) is 6.42. The van der Waals surface area contributed by atoms with E-state index in [0.29, 0.717) is 0 Å². The zero-order valence-corrected chi connectivity index (χ0v) is 14.7. The van der Waals surface area contributed by atoms with E-state index in [1.165, 1.54) is 21.5 Å². The van der Waals surface area contributed by atoms with Gasteiger partial charge >= 0.3 is 0 Å². The quantitative estimate of drug-likeness (QED) is 0.347. The summed E-state index contributed by atoms with van der Waals surface area (Å²) in [6, 6.07) is 29.1. The van der Waals surface area contributed by atoms with Gasteiger partial charge in [0, 0.05) is 0 Å². The fourth-order valence-electron chi connectivity index (χ4n) is 3.36. The summed E-state index contributed by atoms with van der Waals surface area (Å²) in [5, 5.41) is 4.70. The summed E-state index contributed by atoms with van der Waals surface area (Å²) in [6.45, 7) is 0. The van der Waals surface area contributed by atoms with Crippen molar-refractivity contribution in [3.63, 3.8) is 0 Å². The number of hydrogen-bond donors (Lipinski definition) is 0. The van der Waals surface area contributed by atoms with Gasteiger partial charge in [-0.15, -0.1) is 0 Å². The van der Waals surface area contributed by atoms with Gasteiger partial charge in [0.2, 0.25) is 9.85 Å². The summed E-state index contributed by atoms with van der Waals surface area (Å²) in [5.74, 6) is 0. The van der Waals surface area contributed by atoms with Gasteiger partial charge in [-0.25, -0.2) is 0 Å². The van der Waals surface area contributed by atoms with Gasteiger partial charge in [-0.3, -0.25) is 0 Å². The van der Waals surface area contributed by atoms with Crippen LogP contribution >= 0.6 is 0 Å². The smallest absolute Gasteiger partial charge is 0.241 e. The molecule has 0 N–H and O–H groups in total. The molecule has 0 amide bonds. The maximum Gasteiger partial charge on any atom is 0.241 e. The first kappa shape index (κ1) is 14.9. The van der Waals surface area contributed by atoms with Crippen LogP contribution in [0.1, 0.15) is 11.1 Å². The zero-order valence-electron chi connectivity index (χ0n) is 13.2. The van der Waals surface area contributed by atoms with E-state index < -0.39 is 9.85 Å². The molecule has 4 aromatic carbocycles. The van der Waals surface area contributed by atoms with Crippen LogP contribution in [0.25, 0.3) is 27.1 Å². The maximum absolute atomic E-state index is 13.5. The molecule has 0 aliphatic carbocycles. The lowest BCUT2D eigenvalue weighted by Crippen LogP contribution is -1.93. The van der Waals surface area contributed by atoms with Crippen molar-refractivity contribution in [2.24, 2.45) is 0 Å².